The highest BCUT2D eigenvalue weighted by Crippen LogP contribution is 2.27. The van der Waals surface area contributed by atoms with E-state index in [0.29, 0.717) is 12.1 Å². The number of hydrogen-bond donors (Lipinski definition) is 1. The van der Waals surface area contributed by atoms with E-state index in [0.717, 1.165) is 38.4 Å². The van der Waals surface area contributed by atoms with Crippen molar-refractivity contribution < 1.29 is 0 Å². The van der Waals surface area contributed by atoms with Crippen LogP contribution in [0.15, 0.2) is 42.5 Å². The molecule has 0 aliphatic rings. The van der Waals surface area contributed by atoms with Crippen LogP contribution >= 0.6 is 11.6 Å². The zero-order valence-electron chi connectivity index (χ0n) is 13.0. The van der Waals surface area contributed by atoms with Crippen molar-refractivity contribution in [3.8, 4) is 6.07 Å². The third-order valence-electron chi connectivity index (χ3n) is 3.94. The largest absolute Gasteiger partial charge is 0.380 e. The van der Waals surface area contributed by atoms with Gasteiger partial charge in [-0.05, 0) is 43.2 Å². The molecule has 0 atom stereocenters. The van der Waals surface area contributed by atoms with Gasteiger partial charge in [0.2, 0.25) is 0 Å². The van der Waals surface area contributed by atoms with Crippen LogP contribution in [0.5, 0.6) is 0 Å². The van der Waals surface area contributed by atoms with Crippen molar-refractivity contribution in [2.45, 2.75) is 20.4 Å². The maximum atomic E-state index is 9.27. The number of anilines is 1. The first kappa shape index (κ1) is 15.3. The molecule has 3 nitrogen and oxygen atoms in total. The van der Waals surface area contributed by atoms with Crippen LogP contribution in [0.2, 0.25) is 5.02 Å². The van der Waals surface area contributed by atoms with E-state index in [9.17, 15) is 5.26 Å². The van der Waals surface area contributed by atoms with Gasteiger partial charge in [0.05, 0.1) is 11.1 Å². The summed E-state index contributed by atoms with van der Waals surface area (Å²) in [5.74, 6) is 0. The van der Waals surface area contributed by atoms with Gasteiger partial charge in [0.15, 0.2) is 0 Å². The Balaban J connectivity index is 2.00. The second-order valence-electron chi connectivity index (χ2n) is 5.50. The number of fused-ring (bicyclic) bond motifs is 1. The molecule has 4 heteroatoms. The lowest BCUT2D eigenvalue weighted by Crippen LogP contribution is -2.03. The van der Waals surface area contributed by atoms with E-state index in [2.05, 4.69) is 22.4 Å². The summed E-state index contributed by atoms with van der Waals surface area (Å²) in [7, 11) is 0. The molecule has 3 rings (SSSR count). The maximum Gasteiger partial charge on any atom is 0.101 e. The fourth-order valence-corrected chi connectivity index (χ4v) is 2.84. The van der Waals surface area contributed by atoms with Crippen LogP contribution in [0.3, 0.4) is 0 Å². The lowest BCUT2D eigenvalue weighted by atomic mass is 10.1. The number of aryl methyl sites for hydroxylation is 1. The molecule has 2 aromatic carbocycles. The quantitative estimate of drug-likeness (QED) is 0.739. The van der Waals surface area contributed by atoms with Gasteiger partial charge in [0.1, 0.15) is 6.07 Å². The molecule has 0 aliphatic carbocycles. The minimum Gasteiger partial charge on any atom is -0.380 e. The van der Waals surface area contributed by atoms with E-state index in [-0.39, 0.29) is 0 Å². The molecular formula is C19H16ClN3. The Morgan fingerprint density at radius 3 is 2.74 bits per heavy atom. The summed E-state index contributed by atoms with van der Waals surface area (Å²) in [6.07, 6.45) is 0. The van der Waals surface area contributed by atoms with E-state index >= 15 is 0 Å². The first-order valence-corrected chi connectivity index (χ1v) is 7.76. The molecule has 23 heavy (non-hydrogen) atoms. The second kappa shape index (κ2) is 6.28. The number of nitrogens with one attached hydrogen (secondary N) is 1. The summed E-state index contributed by atoms with van der Waals surface area (Å²) in [6, 6.07) is 15.8. The standard InChI is InChI=1S/C19H16ClN3/c1-12-9-18(16-7-3-5-14(10-21)19(16)23-12)22-11-15-6-4-8-17(20)13(15)2/h3-9H,11H2,1-2H3,(H,22,23). The minimum atomic E-state index is 0.591. The van der Waals surface area contributed by atoms with Gasteiger partial charge in [0.25, 0.3) is 0 Å². The van der Waals surface area contributed by atoms with Crippen molar-refractivity contribution >= 4 is 28.2 Å². The Morgan fingerprint density at radius 2 is 1.96 bits per heavy atom. The van der Waals surface area contributed by atoms with Gasteiger partial charge in [-0.15, -0.1) is 0 Å². The number of aromatic nitrogens is 1. The van der Waals surface area contributed by atoms with E-state index in [1.54, 1.807) is 6.07 Å². The summed E-state index contributed by atoms with van der Waals surface area (Å²) in [5, 5.41) is 14.4. The van der Waals surface area contributed by atoms with Crippen LogP contribution in [-0.2, 0) is 6.54 Å². The number of nitriles is 1. The summed E-state index contributed by atoms with van der Waals surface area (Å²) < 4.78 is 0. The van der Waals surface area contributed by atoms with Gasteiger partial charge >= 0.3 is 0 Å². The molecule has 0 unspecified atom stereocenters. The van der Waals surface area contributed by atoms with Crippen molar-refractivity contribution in [2.24, 2.45) is 0 Å². The Kier molecular flexibility index (Phi) is 4.18. The molecule has 0 saturated heterocycles. The Bertz CT molecular complexity index is 926. The van der Waals surface area contributed by atoms with Crippen LogP contribution in [0.1, 0.15) is 22.4 Å². The third kappa shape index (κ3) is 2.99. The SMILES string of the molecule is Cc1cc(NCc2cccc(Cl)c2C)c2cccc(C#N)c2n1. The zero-order valence-corrected chi connectivity index (χ0v) is 13.8. The number of benzene rings is 2. The number of nitrogens with zero attached hydrogens (tertiary/aromatic N) is 2. The number of para-hydroxylation sites is 1. The lowest BCUT2D eigenvalue weighted by Gasteiger charge is -2.13. The molecule has 0 bridgehead atoms. The molecule has 0 amide bonds. The first-order valence-electron chi connectivity index (χ1n) is 7.38. The highest BCUT2D eigenvalue weighted by Gasteiger charge is 2.09. The molecule has 0 spiro atoms. The van der Waals surface area contributed by atoms with E-state index in [1.165, 1.54) is 0 Å². The van der Waals surface area contributed by atoms with Crippen LogP contribution in [0, 0.1) is 25.2 Å². The molecule has 3 aromatic rings. The predicted molar refractivity (Wildman–Crippen MR) is 94.7 cm³/mol. The van der Waals surface area contributed by atoms with Gasteiger partial charge in [0, 0.05) is 28.3 Å². The normalized spacial score (nSPS) is 10.5. The predicted octanol–water partition coefficient (Wildman–Crippen LogP) is 4.99. The fourth-order valence-electron chi connectivity index (χ4n) is 2.65. The molecule has 0 radical (unpaired) electrons. The van der Waals surface area contributed by atoms with E-state index in [4.69, 9.17) is 11.6 Å². The van der Waals surface area contributed by atoms with Crippen molar-refractivity contribution in [3.05, 3.63) is 69.9 Å². The number of hydrogen-bond acceptors (Lipinski definition) is 3. The summed E-state index contributed by atoms with van der Waals surface area (Å²) in [6.45, 7) is 4.62. The minimum absolute atomic E-state index is 0.591. The monoisotopic (exact) mass is 321 g/mol. The second-order valence-corrected chi connectivity index (χ2v) is 5.91. The molecule has 114 valence electrons. The van der Waals surface area contributed by atoms with Gasteiger partial charge in [-0.25, -0.2) is 0 Å². The number of halogens is 1. The molecule has 1 heterocycles. The average Bonchev–Trinajstić information content (AvgIpc) is 2.55. The smallest absolute Gasteiger partial charge is 0.101 e. The van der Waals surface area contributed by atoms with Gasteiger partial charge in [-0.3, -0.25) is 4.98 Å². The number of rotatable bonds is 3. The van der Waals surface area contributed by atoms with Gasteiger partial charge in [-0.2, -0.15) is 5.26 Å². The average molecular weight is 322 g/mol. The third-order valence-corrected chi connectivity index (χ3v) is 4.35. The molecule has 0 saturated carbocycles. The summed E-state index contributed by atoms with van der Waals surface area (Å²) >= 11 is 6.18. The maximum absolute atomic E-state index is 9.27. The molecule has 1 N–H and O–H groups in total. The number of pyridine rings is 1. The van der Waals surface area contributed by atoms with E-state index in [1.807, 2.05) is 44.2 Å². The van der Waals surface area contributed by atoms with Crippen molar-refractivity contribution in [1.82, 2.24) is 4.98 Å². The van der Waals surface area contributed by atoms with Crippen molar-refractivity contribution in [1.29, 1.82) is 5.26 Å². The van der Waals surface area contributed by atoms with Crippen molar-refractivity contribution in [2.75, 3.05) is 5.32 Å². The first-order chi connectivity index (χ1) is 11.1. The highest BCUT2D eigenvalue weighted by molar-refractivity contribution is 6.31. The Hall–Kier alpha value is -2.57. The Morgan fingerprint density at radius 1 is 1.17 bits per heavy atom. The fraction of sp³-hybridized carbons (Fsp3) is 0.158. The molecule has 0 aliphatic heterocycles. The van der Waals surface area contributed by atoms with Crippen LogP contribution < -0.4 is 5.32 Å². The van der Waals surface area contributed by atoms with Gasteiger partial charge in [-0.1, -0.05) is 35.9 Å². The van der Waals surface area contributed by atoms with Gasteiger partial charge < -0.3 is 5.32 Å². The summed E-state index contributed by atoms with van der Waals surface area (Å²) in [4.78, 5) is 4.51. The van der Waals surface area contributed by atoms with Crippen molar-refractivity contribution in [3.63, 3.8) is 0 Å². The topological polar surface area (TPSA) is 48.7 Å². The Labute approximate surface area is 140 Å². The molecule has 1 aromatic heterocycles. The molecular weight excluding hydrogens is 306 g/mol. The molecule has 0 fully saturated rings. The van der Waals surface area contributed by atoms with E-state index < -0.39 is 0 Å². The highest BCUT2D eigenvalue weighted by atomic mass is 35.5. The van der Waals surface area contributed by atoms with Crippen LogP contribution in [-0.4, -0.2) is 4.98 Å². The zero-order chi connectivity index (χ0) is 16.4. The summed E-state index contributed by atoms with van der Waals surface area (Å²) in [5.41, 5.74) is 5.41. The van der Waals surface area contributed by atoms with Crippen LogP contribution in [0.4, 0.5) is 5.69 Å². The van der Waals surface area contributed by atoms with Crippen LogP contribution in [0.25, 0.3) is 10.9 Å². The lowest BCUT2D eigenvalue weighted by molar-refractivity contribution is 1.12.